The normalized spacial score (nSPS) is 10.4. The molecule has 0 radical (unpaired) electrons. The van der Waals surface area contributed by atoms with Gasteiger partial charge in [-0.15, -0.1) is 11.3 Å². The van der Waals surface area contributed by atoms with Gasteiger partial charge < -0.3 is 10.0 Å². The largest absolute Gasteiger partial charge is 0.478 e. The van der Waals surface area contributed by atoms with Crippen molar-refractivity contribution < 1.29 is 14.8 Å². The number of nitro groups is 1. The molecule has 0 atom stereocenters. The van der Waals surface area contributed by atoms with Crippen LogP contribution in [0.25, 0.3) is 0 Å². The van der Waals surface area contributed by atoms with Gasteiger partial charge in [-0.2, -0.15) is 0 Å². The molecule has 6 nitrogen and oxygen atoms in total. The van der Waals surface area contributed by atoms with Crippen LogP contribution in [0.3, 0.4) is 0 Å². The van der Waals surface area contributed by atoms with Crippen LogP contribution in [0.4, 0.5) is 11.4 Å². The fraction of sp³-hybridized carbons (Fsp3) is 0.154. The number of hydrogen-bond acceptors (Lipinski definition) is 5. The maximum absolute atomic E-state index is 11.1. The Morgan fingerprint density at radius 1 is 1.48 bits per heavy atom. The molecule has 0 saturated heterocycles. The van der Waals surface area contributed by atoms with E-state index in [1.54, 1.807) is 11.9 Å². The van der Waals surface area contributed by atoms with Crippen molar-refractivity contribution in [2.75, 3.05) is 11.9 Å². The smallest absolute Gasteiger partial charge is 0.335 e. The number of aromatic carboxylic acids is 1. The van der Waals surface area contributed by atoms with E-state index in [9.17, 15) is 14.9 Å². The van der Waals surface area contributed by atoms with Gasteiger partial charge in [0.05, 0.1) is 14.3 Å². The highest BCUT2D eigenvalue weighted by Crippen LogP contribution is 2.30. The summed E-state index contributed by atoms with van der Waals surface area (Å²) in [6.07, 6.45) is 0. The number of hydrogen-bond donors (Lipinski definition) is 1. The highest BCUT2D eigenvalue weighted by atomic mass is 79.9. The second-order valence-electron chi connectivity index (χ2n) is 4.38. The molecule has 0 amide bonds. The maximum Gasteiger partial charge on any atom is 0.335 e. The minimum atomic E-state index is -1.19. The van der Waals surface area contributed by atoms with Gasteiger partial charge in [-0.05, 0) is 45.1 Å². The molecule has 0 fully saturated rings. The van der Waals surface area contributed by atoms with Gasteiger partial charge in [-0.25, -0.2) is 4.79 Å². The van der Waals surface area contributed by atoms with Gasteiger partial charge in [0.15, 0.2) is 0 Å². The first kappa shape index (κ1) is 15.5. The Bertz CT molecular complexity index is 701. The Morgan fingerprint density at radius 2 is 2.19 bits per heavy atom. The van der Waals surface area contributed by atoms with E-state index in [1.165, 1.54) is 23.5 Å². The van der Waals surface area contributed by atoms with Crippen molar-refractivity contribution in [2.24, 2.45) is 0 Å². The second kappa shape index (κ2) is 6.23. The standard InChI is InChI=1S/C13H11BrN2O4S/c1-15(6-8-4-12(14)21-7-8)10-3-2-9(13(17)18)5-11(10)16(19)20/h2-5,7H,6H2,1H3,(H,17,18). The average molecular weight is 371 g/mol. The predicted octanol–water partition coefficient (Wildman–Crippen LogP) is 3.75. The number of nitrogens with zero attached hydrogens (tertiary/aromatic N) is 2. The minimum absolute atomic E-state index is 0.0999. The van der Waals surface area contributed by atoms with Crippen LogP contribution in [0.15, 0.2) is 33.4 Å². The van der Waals surface area contributed by atoms with Crippen LogP contribution >= 0.6 is 27.3 Å². The molecule has 0 spiro atoms. The predicted molar refractivity (Wildman–Crippen MR) is 84.2 cm³/mol. The van der Waals surface area contributed by atoms with Gasteiger partial charge in [0, 0.05) is 19.7 Å². The second-order valence-corrected chi connectivity index (χ2v) is 6.67. The van der Waals surface area contributed by atoms with Crippen molar-refractivity contribution in [3.8, 4) is 0 Å². The van der Waals surface area contributed by atoms with Gasteiger partial charge in [0.1, 0.15) is 5.69 Å². The Morgan fingerprint density at radius 3 is 2.71 bits per heavy atom. The maximum atomic E-state index is 11.1. The third-order valence-corrected chi connectivity index (χ3v) is 4.43. The van der Waals surface area contributed by atoms with Crippen molar-refractivity contribution in [3.05, 3.63) is 54.7 Å². The molecular formula is C13H11BrN2O4S. The van der Waals surface area contributed by atoms with Crippen LogP contribution in [0.5, 0.6) is 0 Å². The van der Waals surface area contributed by atoms with Crippen molar-refractivity contribution >= 4 is 44.6 Å². The van der Waals surface area contributed by atoms with Gasteiger partial charge in [0.2, 0.25) is 0 Å². The molecule has 0 saturated carbocycles. The summed E-state index contributed by atoms with van der Waals surface area (Å²) < 4.78 is 0.988. The zero-order valence-corrected chi connectivity index (χ0v) is 13.3. The summed E-state index contributed by atoms with van der Waals surface area (Å²) in [5, 5.41) is 22.0. The lowest BCUT2D eigenvalue weighted by atomic mass is 10.1. The Hall–Kier alpha value is -1.93. The average Bonchev–Trinajstić information content (AvgIpc) is 2.83. The highest BCUT2D eigenvalue weighted by molar-refractivity contribution is 9.11. The minimum Gasteiger partial charge on any atom is -0.478 e. The number of carboxylic acid groups (broad SMARTS) is 1. The number of nitro benzene ring substituents is 1. The number of halogens is 1. The molecule has 110 valence electrons. The Balaban J connectivity index is 2.33. The summed E-state index contributed by atoms with van der Waals surface area (Å²) in [6, 6.07) is 5.85. The molecule has 0 bridgehead atoms. The number of thiophene rings is 1. The summed E-state index contributed by atoms with van der Waals surface area (Å²) >= 11 is 4.90. The lowest BCUT2D eigenvalue weighted by Crippen LogP contribution is -2.17. The molecule has 1 N–H and O–H groups in total. The number of anilines is 1. The van der Waals surface area contributed by atoms with Gasteiger partial charge in [0.25, 0.3) is 5.69 Å². The van der Waals surface area contributed by atoms with E-state index in [0.29, 0.717) is 12.2 Å². The number of carboxylic acids is 1. The lowest BCUT2D eigenvalue weighted by molar-refractivity contribution is -0.384. The first-order valence-electron chi connectivity index (χ1n) is 5.84. The molecule has 0 aliphatic carbocycles. The summed E-state index contributed by atoms with van der Waals surface area (Å²) in [7, 11) is 1.73. The molecule has 1 aromatic carbocycles. The summed E-state index contributed by atoms with van der Waals surface area (Å²) in [6.45, 7) is 0.495. The van der Waals surface area contributed by atoms with E-state index in [4.69, 9.17) is 5.11 Å². The van der Waals surface area contributed by atoms with Crippen molar-refractivity contribution in [2.45, 2.75) is 6.54 Å². The zero-order chi connectivity index (χ0) is 15.6. The van der Waals surface area contributed by atoms with E-state index in [0.717, 1.165) is 15.4 Å². The zero-order valence-electron chi connectivity index (χ0n) is 10.9. The highest BCUT2D eigenvalue weighted by Gasteiger charge is 2.20. The molecule has 2 aromatic rings. The van der Waals surface area contributed by atoms with E-state index < -0.39 is 10.9 Å². The summed E-state index contributed by atoms with van der Waals surface area (Å²) in [5.41, 5.74) is 1.09. The Labute approximate surface area is 132 Å². The fourth-order valence-corrected chi connectivity index (χ4v) is 3.11. The number of rotatable bonds is 5. The molecule has 1 heterocycles. The fourth-order valence-electron chi connectivity index (χ4n) is 1.91. The van der Waals surface area contributed by atoms with Gasteiger partial charge >= 0.3 is 5.97 Å². The van der Waals surface area contributed by atoms with E-state index >= 15 is 0 Å². The molecular weight excluding hydrogens is 360 g/mol. The van der Waals surface area contributed by atoms with Crippen LogP contribution in [0.2, 0.25) is 0 Å². The molecule has 0 aliphatic heterocycles. The number of benzene rings is 1. The Kier molecular flexibility index (Phi) is 4.59. The van der Waals surface area contributed by atoms with Crippen LogP contribution in [-0.4, -0.2) is 23.0 Å². The molecule has 21 heavy (non-hydrogen) atoms. The first-order chi connectivity index (χ1) is 9.88. The van der Waals surface area contributed by atoms with Crippen LogP contribution in [0.1, 0.15) is 15.9 Å². The van der Waals surface area contributed by atoms with Crippen LogP contribution < -0.4 is 4.90 Å². The lowest BCUT2D eigenvalue weighted by Gasteiger charge is -2.18. The van der Waals surface area contributed by atoms with Crippen molar-refractivity contribution in [1.29, 1.82) is 0 Å². The summed E-state index contributed by atoms with van der Waals surface area (Å²) in [5.74, 6) is -1.19. The first-order valence-corrected chi connectivity index (χ1v) is 7.51. The quantitative estimate of drug-likeness (QED) is 0.639. The third kappa shape index (κ3) is 3.59. The van der Waals surface area contributed by atoms with E-state index in [1.807, 2.05) is 11.4 Å². The molecule has 1 aromatic heterocycles. The molecule has 2 rings (SSSR count). The van der Waals surface area contributed by atoms with Crippen LogP contribution in [-0.2, 0) is 6.54 Å². The van der Waals surface area contributed by atoms with Gasteiger partial charge in [-0.3, -0.25) is 10.1 Å². The van der Waals surface area contributed by atoms with Crippen LogP contribution in [0, 0.1) is 10.1 Å². The topological polar surface area (TPSA) is 83.7 Å². The van der Waals surface area contributed by atoms with Gasteiger partial charge in [-0.1, -0.05) is 0 Å². The monoisotopic (exact) mass is 370 g/mol. The van der Waals surface area contributed by atoms with Crippen molar-refractivity contribution in [3.63, 3.8) is 0 Å². The van der Waals surface area contributed by atoms with Crippen molar-refractivity contribution in [1.82, 2.24) is 0 Å². The number of carbonyl (C=O) groups is 1. The SMILES string of the molecule is CN(Cc1csc(Br)c1)c1ccc(C(=O)O)cc1[N+](=O)[O-]. The molecule has 0 aliphatic rings. The van der Waals surface area contributed by atoms with E-state index in [-0.39, 0.29) is 11.3 Å². The molecule has 8 heteroatoms. The van der Waals surface area contributed by atoms with E-state index in [2.05, 4.69) is 15.9 Å². The molecule has 0 unspecified atom stereocenters. The third-order valence-electron chi connectivity index (χ3n) is 2.87. The summed E-state index contributed by atoms with van der Waals surface area (Å²) in [4.78, 5) is 23.2.